The molecule has 1 fully saturated rings. The van der Waals surface area contributed by atoms with Gasteiger partial charge in [-0.2, -0.15) is 5.26 Å². The third-order valence-corrected chi connectivity index (χ3v) is 3.56. The third-order valence-electron chi connectivity index (χ3n) is 3.56. The molecule has 110 valence electrons. The van der Waals surface area contributed by atoms with Crippen molar-refractivity contribution < 1.29 is 9.59 Å². The van der Waals surface area contributed by atoms with Gasteiger partial charge in [-0.3, -0.25) is 9.59 Å². The Morgan fingerprint density at radius 2 is 2.00 bits per heavy atom. The zero-order valence-electron chi connectivity index (χ0n) is 12.6. The summed E-state index contributed by atoms with van der Waals surface area (Å²) in [5.41, 5.74) is 0.666. The average molecular weight is 285 g/mol. The summed E-state index contributed by atoms with van der Waals surface area (Å²) in [4.78, 5) is 27.9. The van der Waals surface area contributed by atoms with E-state index in [1.807, 2.05) is 26.8 Å². The second kappa shape index (κ2) is 5.57. The lowest BCUT2D eigenvalue weighted by Crippen LogP contribution is -2.58. The van der Waals surface area contributed by atoms with Gasteiger partial charge in [-0.25, -0.2) is 0 Å². The molecular formula is C16H19N3O2. The van der Waals surface area contributed by atoms with Gasteiger partial charge in [-0.15, -0.1) is 0 Å². The van der Waals surface area contributed by atoms with Crippen LogP contribution in [0.4, 0.5) is 0 Å². The highest BCUT2D eigenvalue weighted by Gasteiger charge is 2.33. The Morgan fingerprint density at radius 3 is 2.57 bits per heavy atom. The van der Waals surface area contributed by atoms with E-state index in [9.17, 15) is 9.59 Å². The van der Waals surface area contributed by atoms with E-state index < -0.39 is 0 Å². The number of carbonyl (C=O) groups excluding carboxylic acids is 2. The van der Waals surface area contributed by atoms with E-state index in [1.165, 1.54) is 0 Å². The molecule has 0 N–H and O–H groups in total. The Labute approximate surface area is 124 Å². The topological polar surface area (TPSA) is 64.4 Å². The molecule has 0 spiro atoms. The Hall–Kier alpha value is -2.35. The van der Waals surface area contributed by atoms with Gasteiger partial charge >= 0.3 is 0 Å². The van der Waals surface area contributed by atoms with Gasteiger partial charge in [-0.05, 0) is 39.0 Å². The largest absolute Gasteiger partial charge is 0.335 e. The van der Waals surface area contributed by atoms with Crippen LogP contribution < -0.4 is 0 Å². The molecule has 1 saturated heterocycles. The highest BCUT2D eigenvalue weighted by atomic mass is 16.2. The van der Waals surface area contributed by atoms with E-state index >= 15 is 0 Å². The van der Waals surface area contributed by atoms with Gasteiger partial charge in [0.05, 0.1) is 11.6 Å². The monoisotopic (exact) mass is 285 g/mol. The molecule has 0 bridgehead atoms. The third kappa shape index (κ3) is 3.22. The van der Waals surface area contributed by atoms with Crippen LogP contribution in [0, 0.1) is 11.3 Å². The van der Waals surface area contributed by atoms with Crippen LogP contribution in [0.2, 0.25) is 0 Å². The second-order valence-electron chi connectivity index (χ2n) is 6.14. The Bertz CT molecular complexity index is 611. The lowest BCUT2D eigenvalue weighted by atomic mass is 10.0. The highest BCUT2D eigenvalue weighted by Crippen LogP contribution is 2.18. The first-order valence-corrected chi connectivity index (χ1v) is 6.93. The van der Waals surface area contributed by atoms with Crippen molar-refractivity contribution in [2.45, 2.75) is 26.3 Å². The Morgan fingerprint density at radius 1 is 1.29 bits per heavy atom. The van der Waals surface area contributed by atoms with Crippen LogP contribution in [0.1, 0.15) is 36.7 Å². The molecule has 5 nitrogen and oxygen atoms in total. The van der Waals surface area contributed by atoms with Crippen LogP contribution in [-0.4, -0.2) is 46.8 Å². The SMILES string of the molecule is CC(C)(C)N1CCN(C(=O)c2cccc(C#N)c2)CC1=O. The predicted octanol–water partition coefficient (Wildman–Crippen LogP) is 1.64. The van der Waals surface area contributed by atoms with Crippen LogP contribution in [-0.2, 0) is 4.79 Å². The summed E-state index contributed by atoms with van der Waals surface area (Å²) in [6.07, 6.45) is 0. The Kier molecular flexibility index (Phi) is 3.99. The van der Waals surface area contributed by atoms with Crippen LogP contribution in [0.25, 0.3) is 0 Å². The maximum absolute atomic E-state index is 12.4. The van der Waals surface area contributed by atoms with Gasteiger partial charge in [0.15, 0.2) is 0 Å². The minimum absolute atomic E-state index is 0.0430. The van der Waals surface area contributed by atoms with E-state index in [0.29, 0.717) is 24.2 Å². The number of nitriles is 1. The van der Waals surface area contributed by atoms with Crippen LogP contribution in [0.5, 0.6) is 0 Å². The maximum atomic E-state index is 12.4. The van der Waals surface area contributed by atoms with Crippen molar-refractivity contribution >= 4 is 11.8 Å². The van der Waals surface area contributed by atoms with E-state index in [1.54, 1.807) is 34.1 Å². The number of carbonyl (C=O) groups is 2. The molecule has 0 unspecified atom stereocenters. The van der Waals surface area contributed by atoms with E-state index in [2.05, 4.69) is 0 Å². The molecule has 5 heteroatoms. The maximum Gasteiger partial charge on any atom is 0.254 e. The van der Waals surface area contributed by atoms with Gasteiger partial charge < -0.3 is 9.80 Å². The minimum Gasteiger partial charge on any atom is -0.335 e. The standard InChI is InChI=1S/C16H19N3O2/c1-16(2,3)19-8-7-18(11-14(19)20)15(21)13-6-4-5-12(9-13)10-17/h4-6,9H,7-8,11H2,1-3H3. The molecule has 1 heterocycles. The zero-order valence-corrected chi connectivity index (χ0v) is 12.6. The number of hydrogen-bond acceptors (Lipinski definition) is 3. The molecule has 2 rings (SSSR count). The number of nitrogens with zero attached hydrogens (tertiary/aromatic N) is 3. The molecule has 2 amide bonds. The molecule has 0 radical (unpaired) electrons. The fourth-order valence-electron chi connectivity index (χ4n) is 2.46. The van der Waals surface area contributed by atoms with Gasteiger partial charge in [0.25, 0.3) is 5.91 Å². The van der Waals surface area contributed by atoms with Gasteiger partial charge in [0.2, 0.25) is 5.91 Å². The van der Waals surface area contributed by atoms with Gasteiger partial charge in [0, 0.05) is 24.2 Å². The molecule has 1 aromatic carbocycles. The number of amides is 2. The number of hydrogen-bond donors (Lipinski definition) is 0. The van der Waals surface area contributed by atoms with E-state index in [4.69, 9.17) is 5.26 Å². The van der Waals surface area contributed by atoms with E-state index in [0.717, 1.165) is 0 Å². The van der Waals surface area contributed by atoms with Gasteiger partial charge in [-0.1, -0.05) is 6.07 Å². The van der Waals surface area contributed by atoms with Crippen LogP contribution in [0.15, 0.2) is 24.3 Å². The van der Waals surface area contributed by atoms with Crippen molar-refractivity contribution in [3.05, 3.63) is 35.4 Å². The molecule has 1 aromatic rings. The fourth-order valence-corrected chi connectivity index (χ4v) is 2.46. The summed E-state index contributed by atoms with van der Waals surface area (Å²) in [6, 6.07) is 8.58. The smallest absolute Gasteiger partial charge is 0.254 e. The molecule has 1 aliphatic heterocycles. The summed E-state index contributed by atoms with van der Waals surface area (Å²) in [5.74, 6) is -0.243. The summed E-state index contributed by atoms with van der Waals surface area (Å²) < 4.78 is 0. The lowest BCUT2D eigenvalue weighted by Gasteiger charge is -2.42. The van der Waals surface area contributed by atoms with Crippen molar-refractivity contribution in [1.82, 2.24) is 9.80 Å². The van der Waals surface area contributed by atoms with Gasteiger partial charge in [0.1, 0.15) is 6.54 Å². The Balaban J connectivity index is 2.12. The lowest BCUT2D eigenvalue weighted by molar-refractivity contribution is -0.140. The van der Waals surface area contributed by atoms with Crippen LogP contribution in [0.3, 0.4) is 0 Å². The molecule has 21 heavy (non-hydrogen) atoms. The van der Waals surface area contributed by atoms with Crippen molar-refractivity contribution in [2.24, 2.45) is 0 Å². The fraction of sp³-hybridized carbons (Fsp3) is 0.438. The summed E-state index contributed by atoms with van der Waals surface area (Å²) in [7, 11) is 0. The van der Waals surface area contributed by atoms with Crippen molar-refractivity contribution in [3.8, 4) is 6.07 Å². The molecule has 0 saturated carbocycles. The summed E-state index contributed by atoms with van der Waals surface area (Å²) >= 11 is 0. The zero-order chi connectivity index (χ0) is 15.6. The second-order valence-corrected chi connectivity index (χ2v) is 6.14. The molecule has 0 aromatic heterocycles. The van der Waals surface area contributed by atoms with Crippen molar-refractivity contribution in [2.75, 3.05) is 19.6 Å². The predicted molar refractivity (Wildman–Crippen MR) is 78.5 cm³/mol. The summed E-state index contributed by atoms with van der Waals surface area (Å²) in [6.45, 7) is 7.09. The van der Waals surface area contributed by atoms with Crippen LogP contribution >= 0.6 is 0 Å². The molecule has 0 aliphatic carbocycles. The summed E-state index contributed by atoms with van der Waals surface area (Å²) in [5, 5.41) is 8.88. The van der Waals surface area contributed by atoms with Crippen molar-refractivity contribution in [1.29, 1.82) is 5.26 Å². The van der Waals surface area contributed by atoms with E-state index in [-0.39, 0.29) is 23.9 Å². The number of rotatable bonds is 1. The number of piperazine rings is 1. The first-order chi connectivity index (χ1) is 9.82. The van der Waals surface area contributed by atoms with Crippen molar-refractivity contribution in [3.63, 3.8) is 0 Å². The first kappa shape index (κ1) is 15.0. The normalized spacial score (nSPS) is 15.8. The molecule has 1 aliphatic rings. The molecule has 0 atom stereocenters. The molecular weight excluding hydrogens is 266 g/mol. The highest BCUT2D eigenvalue weighted by molar-refractivity contribution is 5.97. The number of benzene rings is 1. The quantitative estimate of drug-likeness (QED) is 0.788. The minimum atomic E-state index is -0.229. The first-order valence-electron chi connectivity index (χ1n) is 6.93. The average Bonchev–Trinajstić information content (AvgIpc) is 2.45.